The minimum absolute atomic E-state index is 0.120. The number of carboxylic acids is 2. The third-order valence-electron chi connectivity index (χ3n) is 2.56. The van der Waals surface area contributed by atoms with E-state index < -0.39 is 23.1 Å². The molecule has 0 unspecified atom stereocenters. The molecule has 2 N–H and O–H groups in total. The van der Waals surface area contributed by atoms with Crippen molar-refractivity contribution >= 4 is 29.0 Å². The van der Waals surface area contributed by atoms with Gasteiger partial charge in [0.05, 0.1) is 11.8 Å². The van der Waals surface area contributed by atoms with Crippen LogP contribution in [0.3, 0.4) is 0 Å². The molecule has 20 heavy (non-hydrogen) atoms. The first-order chi connectivity index (χ1) is 9.47. The second-order valence-electron chi connectivity index (χ2n) is 4.04. The number of fused-ring (bicyclic) bond motifs is 1. The summed E-state index contributed by atoms with van der Waals surface area (Å²) >= 11 is 0. The molecule has 0 aliphatic heterocycles. The maximum Gasteiger partial charge on any atom is 0.371 e. The van der Waals surface area contributed by atoms with Gasteiger partial charge in [0.15, 0.2) is 5.43 Å². The third kappa shape index (κ3) is 2.92. The van der Waals surface area contributed by atoms with E-state index in [-0.39, 0.29) is 17.4 Å². The minimum Gasteiger partial charge on any atom is -0.481 e. The Morgan fingerprint density at radius 1 is 1.20 bits per heavy atom. The summed E-state index contributed by atoms with van der Waals surface area (Å²) < 4.78 is 5.08. The SMILES string of the molecule is O=C(O)CC=Cc1ccc2oc(C(=O)O)cc(=O)c2c1. The van der Waals surface area contributed by atoms with Crippen LogP contribution in [0.1, 0.15) is 22.5 Å². The molecular formula is C14H10O6. The highest BCUT2D eigenvalue weighted by Crippen LogP contribution is 2.15. The molecule has 1 heterocycles. The van der Waals surface area contributed by atoms with Crippen LogP contribution in [0.25, 0.3) is 17.0 Å². The van der Waals surface area contributed by atoms with E-state index in [0.717, 1.165) is 6.07 Å². The van der Waals surface area contributed by atoms with Crippen LogP contribution in [0.2, 0.25) is 0 Å². The summed E-state index contributed by atoms with van der Waals surface area (Å²) in [5.41, 5.74) is 0.344. The summed E-state index contributed by atoms with van der Waals surface area (Å²) in [6, 6.07) is 5.51. The highest BCUT2D eigenvalue weighted by molar-refractivity contribution is 5.88. The lowest BCUT2D eigenvalue weighted by molar-refractivity contribution is -0.135. The Kier molecular flexibility index (Phi) is 3.65. The number of aromatic carboxylic acids is 1. The minimum atomic E-state index is -1.31. The van der Waals surface area contributed by atoms with Crippen molar-refractivity contribution in [2.45, 2.75) is 6.42 Å². The summed E-state index contributed by atoms with van der Waals surface area (Å²) in [6.45, 7) is 0. The Hall–Kier alpha value is -2.89. The van der Waals surface area contributed by atoms with Gasteiger partial charge in [-0.2, -0.15) is 0 Å². The molecule has 0 fully saturated rings. The van der Waals surface area contributed by atoms with Crippen LogP contribution in [0.4, 0.5) is 0 Å². The lowest BCUT2D eigenvalue weighted by Crippen LogP contribution is -2.06. The quantitative estimate of drug-likeness (QED) is 0.883. The third-order valence-corrected chi connectivity index (χ3v) is 2.56. The van der Waals surface area contributed by atoms with Crippen molar-refractivity contribution < 1.29 is 24.2 Å². The van der Waals surface area contributed by atoms with Gasteiger partial charge in [-0.15, -0.1) is 0 Å². The van der Waals surface area contributed by atoms with E-state index >= 15 is 0 Å². The van der Waals surface area contributed by atoms with Gasteiger partial charge < -0.3 is 14.6 Å². The number of carbonyl (C=O) groups is 2. The number of carboxylic acid groups (broad SMARTS) is 2. The maximum atomic E-state index is 11.8. The Labute approximate surface area is 112 Å². The fourth-order valence-corrected chi connectivity index (χ4v) is 1.68. The van der Waals surface area contributed by atoms with E-state index in [0.29, 0.717) is 5.56 Å². The van der Waals surface area contributed by atoms with Crippen LogP contribution in [-0.4, -0.2) is 22.2 Å². The molecule has 6 nitrogen and oxygen atoms in total. The molecule has 1 aromatic carbocycles. The Bertz CT molecular complexity index is 769. The first kappa shape index (κ1) is 13.5. The molecule has 0 aliphatic rings. The van der Waals surface area contributed by atoms with Gasteiger partial charge in [-0.1, -0.05) is 18.2 Å². The molecule has 0 saturated carbocycles. The fraction of sp³-hybridized carbons (Fsp3) is 0.0714. The van der Waals surface area contributed by atoms with Crippen LogP contribution in [-0.2, 0) is 4.79 Å². The summed E-state index contributed by atoms with van der Waals surface area (Å²) in [7, 11) is 0. The Balaban J connectivity index is 2.45. The van der Waals surface area contributed by atoms with Gasteiger partial charge in [0, 0.05) is 6.07 Å². The largest absolute Gasteiger partial charge is 0.481 e. The molecule has 0 spiro atoms. The molecule has 0 amide bonds. The van der Waals surface area contributed by atoms with Gasteiger partial charge in [0.1, 0.15) is 5.58 Å². The second-order valence-corrected chi connectivity index (χ2v) is 4.04. The normalized spacial score (nSPS) is 11.0. The molecule has 102 valence electrons. The van der Waals surface area contributed by atoms with Crippen molar-refractivity contribution in [1.29, 1.82) is 0 Å². The molecule has 2 aromatic rings. The van der Waals surface area contributed by atoms with Crippen molar-refractivity contribution in [3.05, 3.63) is 51.9 Å². The Morgan fingerprint density at radius 3 is 2.60 bits per heavy atom. The highest BCUT2D eigenvalue weighted by atomic mass is 16.4. The van der Waals surface area contributed by atoms with Gasteiger partial charge >= 0.3 is 11.9 Å². The topological polar surface area (TPSA) is 105 Å². The van der Waals surface area contributed by atoms with Crippen molar-refractivity contribution in [3.8, 4) is 0 Å². The van der Waals surface area contributed by atoms with E-state index in [9.17, 15) is 14.4 Å². The van der Waals surface area contributed by atoms with E-state index in [2.05, 4.69) is 0 Å². The van der Waals surface area contributed by atoms with Crippen LogP contribution < -0.4 is 5.43 Å². The number of hydrogen-bond acceptors (Lipinski definition) is 4. The number of aliphatic carboxylic acids is 1. The van der Waals surface area contributed by atoms with Gasteiger partial charge in [-0.05, 0) is 17.7 Å². The lowest BCUT2D eigenvalue weighted by Gasteiger charge is -2.00. The molecule has 0 atom stereocenters. The molecule has 0 radical (unpaired) electrons. The zero-order valence-electron chi connectivity index (χ0n) is 10.2. The number of rotatable bonds is 4. The van der Waals surface area contributed by atoms with E-state index in [1.165, 1.54) is 18.2 Å². The number of benzene rings is 1. The average Bonchev–Trinajstić information content (AvgIpc) is 2.38. The monoisotopic (exact) mass is 274 g/mol. The van der Waals surface area contributed by atoms with E-state index in [1.54, 1.807) is 12.1 Å². The van der Waals surface area contributed by atoms with E-state index in [1.807, 2.05) is 0 Å². The highest BCUT2D eigenvalue weighted by Gasteiger charge is 2.10. The smallest absolute Gasteiger partial charge is 0.371 e. The first-order valence-corrected chi connectivity index (χ1v) is 5.67. The molecule has 1 aromatic heterocycles. The van der Waals surface area contributed by atoms with E-state index in [4.69, 9.17) is 14.6 Å². The second kappa shape index (κ2) is 5.40. The standard InChI is InChI=1S/C14H10O6/c15-10-7-12(14(18)19)20-11-5-4-8(6-9(10)11)2-1-3-13(16)17/h1-2,4-7H,3H2,(H,16,17)(H,18,19). The maximum absolute atomic E-state index is 11.8. The van der Waals surface area contributed by atoms with Crippen molar-refractivity contribution in [2.24, 2.45) is 0 Å². The zero-order chi connectivity index (χ0) is 14.7. The molecule has 0 saturated heterocycles. The summed E-state index contributed by atoms with van der Waals surface area (Å²) in [4.78, 5) is 33.0. The molecule has 0 aliphatic carbocycles. The van der Waals surface area contributed by atoms with Gasteiger partial charge in [-0.25, -0.2) is 4.79 Å². The number of hydrogen-bond donors (Lipinski definition) is 2. The summed E-state index contributed by atoms with van der Waals surface area (Å²) in [5.74, 6) is -2.68. The summed E-state index contributed by atoms with van der Waals surface area (Å²) in [5, 5.41) is 17.6. The average molecular weight is 274 g/mol. The van der Waals surface area contributed by atoms with Crippen LogP contribution in [0, 0.1) is 0 Å². The van der Waals surface area contributed by atoms with Crippen LogP contribution in [0.15, 0.2) is 39.6 Å². The van der Waals surface area contributed by atoms with Gasteiger partial charge in [-0.3, -0.25) is 9.59 Å². The molecule has 6 heteroatoms. The fourth-order valence-electron chi connectivity index (χ4n) is 1.68. The van der Waals surface area contributed by atoms with Gasteiger partial charge in [0.25, 0.3) is 0 Å². The molecular weight excluding hydrogens is 264 g/mol. The summed E-state index contributed by atoms with van der Waals surface area (Å²) in [6.07, 6.45) is 2.90. The molecule has 0 bridgehead atoms. The van der Waals surface area contributed by atoms with Crippen molar-refractivity contribution in [2.75, 3.05) is 0 Å². The predicted octanol–water partition coefficient (Wildman–Crippen LogP) is 1.98. The van der Waals surface area contributed by atoms with Crippen molar-refractivity contribution in [1.82, 2.24) is 0 Å². The van der Waals surface area contributed by atoms with Crippen molar-refractivity contribution in [3.63, 3.8) is 0 Å². The van der Waals surface area contributed by atoms with Crippen LogP contribution in [0.5, 0.6) is 0 Å². The Morgan fingerprint density at radius 2 is 1.95 bits per heavy atom. The van der Waals surface area contributed by atoms with Crippen LogP contribution >= 0.6 is 0 Å². The molecule has 2 rings (SSSR count). The van der Waals surface area contributed by atoms with Gasteiger partial charge in [0.2, 0.25) is 5.76 Å². The lowest BCUT2D eigenvalue weighted by atomic mass is 10.1. The zero-order valence-corrected chi connectivity index (χ0v) is 10.2. The predicted molar refractivity (Wildman–Crippen MR) is 70.7 cm³/mol. The first-order valence-electron chi connectivity index (χ1n) is 5.67.